The predicted molar refractivity (Wildman–Crippen MR) is 102 cm³/mol. The summed E-state index contributed by atoms with van der Waals surface area (Å²) in [4.78, 5) is 35.3. The Morgan fingerprint density at radius 1 is 1.18 bits per heavy atom. The molecule has 9 nitrogen and oxygen atoms in total. The molecule has 1 atom stereocenters. The number of ether oxygens (including phenoxy) is 1. The molecule has 3 N–H and O–H groups in total. The van der Waals surface area contributed by atoms with E-state index in [0.717, 1.165) is 0 Å². The van der Waals surface area contributed by atoms with Crippen LogP contribution in [-0.4, -0.2) is 24.0 Å². The summed E-state index contributed by atoms with van der Waals surface area (Å²) < 4.78 is 5.24. The Balaban J connectivity index is 1.95. The van der Waals surface area contributed by atoms with Crippen molar-refractivity contribution < 1.29 is 19.2 Å². The van der Waals surface area contributed by atoms with Gasteiger partial charge < -0.3 is 20.7 Å². The highest BCUT2D eigenvalue weighted by atomic mass is 16.6. The summed E-state index contributed by atoms with van der Waals surface area (Å²) in [6, 6.07) is 11.4. The molecule has 9 heteroatoms. The average molecular weight is 382 g/mol. The first kappa shape index (κ1) is 18.9. The van der Waals surface area contributed by atoms with E-state index in [1.807, 2.05) is 0 Å². The van der Waals surface area contributed by atoms with Crippen molar-refractivity contribution in [1.29, 1.82) is 0 Å². The fourth-order valence-electron chi connectivity index (χ4n) is 2.97. The van der Waals surface area contributed by atoms with Crippen LogP contribution in [0.15, 0.2) is 59.8 Å². The number of carbonyl (C=O) groups excluding carboxylic acids is 2. The van der Waals surface area contributed by atoms with Crippen LogP contribution < -0.4 is 20.7 Å². The number of amides is 3. The van der Waals surface area contributed by atoms with Crippen LogP contribution in [0.5, 0.6) is 5.75 Å². The van der Waals surface area contributed by atoms with Crippen molar-refractivity contribution in [3.63, 3.8) is 0 Å². The summed E-state index contributed by atoms with van der Waals surface area (Å²) in [6.07, 6.45) is 0. The summed E-state index contributed by atoms with van der Waals surface area (Å²) in [5.41, 5.74) is 1.63. The molecule has 1 unspecified atom stereocenters. The highest BCUT2D eigenvalue weighted by Crippen LogP contribution is 2.30. The Hall–Kier alpha value is -3.88. The van der Waals surface area contributed by atoms with Crippen LogP contribution in [0.25, 0.3) is 0 Å². The number of benzene rings is 2. The Morgan fingerprint density at radius 2 is 1.86 bits per heavy atom. The van der Waals surface area contributed by atoms with E-state index < -0.39 is 22.9 Å². The number of rotatable bonds is 5. The molecule has 3 rings (SSSR count). The van der Waals surface area contributed by atoms with Crippen molar-refractivity contribution in [3.05, 3.63) is 75.5 Å². The van der Waals surface area contributed by atoms with Gasteiger partial charge in [-0.3, -0.25) is 14.9 Å². The highest BCUT2D eigenvalue weighted by Gasteiger charge is 2.31. The standard InChI is InChI=1S/C19H18N4O5/c1-11-16(18(24)21-14-5-3-4-6-15(14)28-2)17(22-19(25)20-11)12-7-9-13(10-8-12)23(26)27/h3-10,17H,1-2H3,(H,21,24)(H2,20,22,25). The second-order valence-corrected chi connectivity index (χ2v) is 6.07. The topological polar surface area (TPSA) is 123 Å². The zero-order valence-corrected chi connectivity index (χ0v) is 15.2. The molecule has 0 bridgehead atoms. The maximum Gasteiger partial charge on any atom is 0.319 e. The number of nitro benzene ring substituents is 1. The lowest BCUT2D eigenvalue weighted by Gasteiger charge is -2.28. The Labute approximate surface area is 160 Å². The summed E-state index contributed by atoms with van der Waals surface area (Å²) in [6.45, 7) is 1.62. The van der Waals surface area contributed by atoms with Crippen molar-refractivity contribution in [2.24, 2.45) is 0 Å². The van der Waals surface area contributed by atoms with Crippen molar-refractivity contribution in [1.82, 2.24) is 10.6 Å². The maximum atomic E-state index is 13.0. The first-order valence-corrected chi connectivity index (χ1v) is 8.37. The molecule has 0 radical (unpaired) electrons. The molecule has 1 aliphatic heterocycles. The number of para-hydroxylation sites is 2. The lowest BCUT2D eigenvalue weighted by Crippen LogP contribution is -2.45. The van der Waals surface area contributed by atoms with Crippen LogP contribution in [0.3, 0.4) is 0 Å². The molecule has 0 fully saturated rings. The van der Waals surface area contributed by atoms with Crippen LogP contribution >= 0.6 is 0 Å². The lowest BCUT2D eigenvalue weighted by molar-refractivity contribution is -0.384. The number of hydrogen-bond acceptors (Lipinski definition) is 5. The molecule has 0 saturated heterocycles. The van der Waals surface area contributed by atoms with Gasteiger partial charge in [0.1, 0.15) is 5.75 Å². The first-order chi connectivity index (χ1) is 13.4. The molecule has 1 aliphatic rings. The van der Waals surface area contributed by atoms with E-state index in [2.05, 4.69) is 16.0 Å². The Morgan fingerprint density at radius 3 is 2.50 bits per heavy atom. The minimum Gasteiger partial charge on any atom is -0.495 e. The van der Waals surface area contributed by atoms with E-state index in [1.54, 1.807) is 31.2 Å². The summed E-state index contributed by atoms with van der Waals surface area (Å²) in [5, 5.41) is 18.9. The van der Waals surface area contributed by atoms with Crippen LogP contribution in [0.1, 0.15) is 18.5 Å². The maximum absolute atomic E-state index is 13.0. The summed E-state index contributed by atoms with van der Waals surface area (Å²) in [5.74, 6) is 0.0617. The SMILES string of the molecule is COc1ccccc1NC(=O)C1=C(C)NC(=O)NC1c1ccc([N+](=O)[O-])cc1. The smallest absolute Gasteiger partial charge is 0.319 e. The van der Waals surface area contributed by atoms with Gasteiger partial charge in [0.2, 0.25) is 0 Å². The lowest BCUT2D eigenvalue weighted by atomic mass is 9.94. The normalized spacial score (nSPS) is 16.1. The van der Waals surface area contributed by atoms with Gasteiger partial charge in [0, 0.05) is 17.8 Å². The minimum atomic E-state index is -0.760. The van der Waals surface area contributed by atoms with E-state index >= 15 is 0 Å². The number of nitro groups is 1. The molecular weight excluding hydrogens is 364 g/mol. The van der Waals surface area contributed by atoms with E-state index in [4.69, 9.17) is 4.74 Å². The Kier molecular flexibility index (Phi) is 5.25. The number of non-ortho nitro benzene ring substituents is 1. The van der Waals surface area contributed by atoms with Gasteiger partial charge in [0.05, 0.1) is 29.3 Å². The third kappa shape index (κ3) is 3.78. The first-order valence-electron chi connectivity index (χ1n) is 8.37. The van der Waals surface area contributed by atoms with Crippen molar-refractivity contribution in [2.45, 2.75) is 13.0 Å². The van der Waals surface area contributed by atoms with E-state index in [-0.39, 0.29) is 5.69 Å². The second-order valence-electron chi connectivity index (χ2n) is 6.07. The number of urea groups is 1. The van der Waals surface area contributed by atoms with Crippen LogP contribution in [-0.2, 0) is 4.79 Å². The molecule has 0 aromatic heterocycles. The van der Waals surface area contributed by atoms with Gasteiger partial charge in [-0.05, 0) is 36.8 Å². The third-order valence-corrected chi connectivity index (χ3v) is 4.31. The number of nitrogens with zero attached hydrogens (tertiary/aromatic N) is 1. The molecule has 1 heterocycles. The molecule has 0 saturated carbocycles. The summed E-state index contributed by atoms with van der Waals surface area (Å²) >= 11 is 0. The number of nitrogens with one attached hydrogen (secondary N) is 3. The van der Waals surface area contributed by atoms with Gasteiger partial charge in [0.15, 0.2) is 0 Å². The number of allylic oxidation sites excluding steroid dienone is 1. The molecule has 28 heavy (non-hydrogen) atoms. The highest BCUT2D eigenvalue weighted by molar-refractivity contribution is 6.07. The zero-order chi connectivity index (χ0) is 20.3. The number of methoxy groups -OCH3 is 1. The quantitative estimate of drug-likeness (QED) is 0.542. The average Bonchev–Trinajstić information content (AvgIpc) is 2.67. The molecule has 144 valence electrons. The van der Waals surface area contributed by atoms with E-state index in [0.29, 0.717) is 28.3 Å². The molecule has 2 aromatic carbocycles. The molecular formula is C19H18N4O5. The van der Waals surface area contributed by atoms with Crippen LogP contribution in [0, 0.1) is 10.1 Å². The monoisotopic (exact) mass is 382 g/mol. The fraction of sp³-hybridized carbons (Fsp3) is 0.158. The Bertz CT molecular complexity index is 969. The van der Waals surface area contributed by atoms with Gasteiger partial charge >= 0.3 is 6.03 Å². The van der Waals surface area contributed by atoms with Crippen molar-refractivity contribution in [3.8, 4) is 5.75 Å². The van der Waals surface area contributed by atoms with Gasteiger partial charge in [-0.25, -0.2) is 4.79 Å². The molecule has 0 spiro atoms. The summed E-state index contributed by atoms with van der Waals surface area (Å²) in [7, 11) is 1.50. The number of carbonyl (C=O) groups is 2. The number of hydrogen-bond donors (Lipinski definition) is 3. The van der Waals surface area contributed by atoms with Gasteiger partial charge in [0.25, 0.3) is 11.6 Å². The van der Waals surface area contributed by atoms with Crippen LogP contribution in [0.2, 0.25) is 0 Å². The predicted octanol–water partition coefficient (Wildman–Crippen LogP) is 2.87. The zero-order valence-electron chi connectivity index (χ0n) is 15.2. The second kappa shape index (κ2) is 7.78. The number of anilines is 1. The molecule has 3 amide bonds. The van der Waals surface area contributed by atoms with Crippen molar-refractivity contribution in [2.75, 3.05) is 12.4 Å². The fourth-order valence-corrected chi connectivity index (χ4v) is 2.97. The largest absolute Gasteiger partial charge is 0.495 e. The van der Waals surface area contributed by atoms with Gasteiger partial charge in [-0.1, -0.05) is 12.1 Å². The third-order valence-electron chi connectivity index (χ3n) is 4.31. The van der Waals surface area contributed by atoms with E-state index in [9.17, 15) is 19.7 Å². The minimum absolute atomic E-state index is 0.0789. The van der Waals surface area contributed by atoms with Crippen LogP contribution in [0.4, 0.5) is 16.2 Å². The molecule has 0 aliphatic carbocycles. The van der Waals surface area contributed by atoms with Gasteiger partial charge in [-0.2, -0.15) is 0 Å². The molecule has 2 aromatic rings. The van der Waals surface area contributed by atoms with Crippen molar-refractivity contribution >= 4 is 23.3 Å². The van der Waals surface area contributed by atoms with E-state index in [1.165, 1.54) is 31.4 Å². The van der Waals surface area contributed by atoms with Gasteiger partial charge in [-0.15, -0.1) is 0 Å².